The SMILES string of the molecule is CCOc1ccc(N(CC(=O)N(Cc2ccccc2C)[C@H](Cc2ccccc2)C(=O)NC)S(C)(=O)=O)cc1. The number of benzene rings is 3. The van der Waals surface area contributed by atoms with Gasteiger partial charge in [-0.25, -0.2) is 8.42 Å². The van der Waals surface area contributed by atoms with E-state index in [2.05, 4.69) is 5.32 Å². The summed E-state index contributed by atoms with van der Waals surface area (Å²) in [6, 6.07) is 22.7. The summed E-state index contributed by atoms with van der Waals surface area (Å²) in [4.78, 5) is 28.5. The Labute approximate surface area is 225 Å². The maximum absolute atomic E-state index is 13.9. The monoisotopic (exact) mass is 537 g/mol. The molecule has 3 rings (SSSR count). The van der Waals surface area contributed by atoms with Crippen LogP contribution < -0.4 is 14.4 Å². The van der Waals surface area contributed by atoms with Crippen molar-refractivity contribution in [2.45, 2.75) is 32.9 Å². The summed E-state index contributed by atoms with van der Waals surface area (Å²) >= 11 is 0. The van der Waals surface area contributed by atoms with Crippen molar-refractivity contribution in [1.29, 1.82) is 0 Å². The highest BCUT2D eigenvalue weighted by Gasteiger charge is 2.32. The van der Waals surface area contributed by atoms with Crippen LogP contribution in [-0.2, 0) is 32.6 Å². The molecule has 0 heterocycles. The number of nitrogens with zero attached hydrogens (tertiary/aromatic N) is 2. The molecule has 0 aliphatic carbocycles. The van der Waals surface area contributed by atoms with Gasteiger partial charge in [0.05, 0.1) is 18.6 Å². The average molecular weight is 538 g/mol. The fourth-order valence-corrected chi connectivity index (χ4v) is 5.03. The smallest absolute Gasteiger partial charge is 0.244 e. The Morgan fingerprint density at radius 3 is 2.16 bits per heavy atom. The van der Waals surface area contributed by atoms with Crippen LogP contribution in [0.15, 0.2) is 78.9 Å². The molecule has 3 aromatic carbocycles. The topological polar surface area (TPSA) is 96.0 Å². The van der Waals surface area contributed by atoms with Crippen LogP contribution in [-0.4, -0.2) is 57.6 Å². The summed E-state index contributed by atoms with van der Waals surface area (Å²) in [5.41, 5.74) is 3.05. The van der Waals surface area contributed by atoms with E-state index in [4.69, 9.17) is 4.74 Å². The molecule has 0 unspecified atom stereocenters. The molecule has 9 heteroatoms. The zero-order valence-electron chi connectivity index (χ0n) is 22.3. The molecular weight excluding hydrogens is 502 g/mol. The van der Waals surface area contributed by atoms with Crippen LogP contribution in [0.3, 0.4) is 0 Å². The molecule has 3 aromatic rings. The lowest BCUT2D eigenvalue weighted by Crippen LogP contribution is -2.53. The molecule has 202 valence electrons. The van der Waals surface area contributed by atoms with Crippen LogP contribution in [0.2, 0.25) is 0 Å². The minimum Gasteiger partial charge on any atom is -0.494 e. The van der Waals surface area contributed by atoms with E-state index in [0.29, 0.717) is 18.0 Å². The largest absolute Gasteiger partial charge is 0.494 e. The number of hydrogen-bond acceptors (Lipinski definition) is 5. The van der Waals surface area contributed by atoms with Crippen molar-refractivity contribution >= 4 is 27.5 Å². The molecule has 38 heavy (non-hydrogen) atoms. The minimum absolute atomic E-state index is 0.150. The van der Waals surface area contributed by atoms with Crippen molar-refractivity contribution in [2.24, 2.45) is 0 Å². The third-order valence-electron chi connectivity index (χ3n) is 6.23. The van der Waals surface area contributed by atoms with Gasteiger partial charge in [0, 0.05) is 20.0 Å². The first-order valence-electron chi connectivity index (χ1n) is 12.4. The molecule has 1 N–H and O–H groups in total. The quantitative estimate of drug-likeness (QED) is 0.381. The fraction of sp³-hybridized carbons (Fsp3) is 0.310. The lowest BCUT2D eigenvalue weighted by molar-refractivity contribution is -0.139. The number of nitrogens with one attached hydrogen (secondary N) is 1. The van der Waals surface area contributed by atoms with E-state index in [1.54, 1.807) is 24.3 Å². The molecule has 2 amide bonds. The maximum atomic E-state index is 13.9. The van der Waals surface area contributed by atoms with Gasteiger partial charge in [-0.05, 0) is 54.8 Å². The molecule has 0 aliphatic rings. The predicted molar refractivity (Wildman–Crippen MR) is 150 cm³/mol. The van der Waals surface area contributed by atoms with E-state index in [1.807, 2.05) is 68.4 Å². The van der Waals surface area contributed by atoms with Gasteiger partial charge >= 0.3 is 0 Å². The summed E-state index contributed by atoms with van der Waals surface area (Å²) in [5.74, 6) is -0.223. The highest BCUT2D eigenvalue weighted by Crippen LogP contribution is 2.23. The number of likely N-dealkylation sites (N-methyl/N-ethyl adjacent to an activating group) is 1. The van der Waals surface area contributed by atoms with E-state index in [9.17, 15) is 18.0 Å². The minimum atomic E-state index is -3.82. The lowest BCUT2D eigenvalue weighted by Gasteiger charge is -2.33. The summed E-state index contributed by atoms with van der Waals surface area (Å²) in [6.07, 6.45) is 1.34. The number of carbonyl (C=O) groups excluding carboxylic acids is 2. The third kappa shape index (κ3) is 7.58. The normalized spacial score (nSPS) is 11.9. The van der Waals surface area contributed by atoms with E-state index >= 15 is 0 Å². The molecule has 0 fully saturated rings. The number of sulfonamides is 1. The Hall–Kier alpha value is -3.85. The number of rotatable bonds is 12. The Morgan fingerprint density at radius 2 is 1.58 bits per heavy atom. The van der Waals surface area contributed by atoms with Crippen LogP contribution in [0.4, 0.5) is 5.69 Å². The Morgan fingerprint density at radius 1 is 0.947 bits per heavy atom. The van der Waals surface area contributed by atoms with Gasteiger partial charge in [-0.3, -0.25) is 13.9 Å². The fourth-order valence-electron chi connectivity index (χ4n) is 4.18. The van der Waals surface area contributed by atoms with Crippen LogP contribution in [0.5, 0.6) is 5.75 Å². The van der Waals surface area contributed by atoms with Gasteiger partial charge in [0.1, 0.15) is 18.3 Å². The van der Waals surface area contributed by atoms with Crippen molar-refractivity contribution < 1.29 is 22.7 Å². The number of hydrogen-bond donors (Lipinski definition) is 1. The molecule has 1 atom stereocenters. The summed E-state index contributed by atoms with van der Waals surface area (Å²) in [6.45, 7) is 3.96. The molecule has 0 radical (unpaired) electrons. The first kappa shape index (κ1) is 28.7. The lowest BCUT2D eigenvalue weighted by atomic mass is 10.0. The van der Waals surface area contributed by atoms with Crippen molar-refractivity contribution in [2.75, 3.05) is 30.8 Å². The molecule has 8 nitrogen and oxygen atoms in total. The van der Waals surface area contributed by atoms with Gasteiger partial charge in [0.15, 0.2) is 0 Å². The van der Waals surface area contributed by atoms with Gasteiger partial charge in [-0.1, -0.05) is 54.6 Å². The van der Waals surface area contributed by atoms with Gasteiger partial charge < -0.3 is 15.0 Å². The molecule has 0 saturated carbocycles. The average Bonchev–Trinajstić information content (AvgIpc) is 2.90. The maximum Gasteiger partial charge on any atom is 0.244 e. The second kappa shape index (κ2) is 13.1. The number of anilines is 1. The molecule has 0 bridgehead atoms. The highest BCUT2D eigenvalue weighted by molar-refractivity contribution is 7.92. The van der Waals surface area contributed by atoms with E-state index < -0.39 is 28.5 Å². The molecule has 0 saturated heterocycles. The number of aryl methyl sites for hydroxylation is 1. The highest BCUT2D eigenvalue weighted by atomic mass is 32.2. The summed E-state index contributed by atoms with van der Waals surface area (Å²) in [7, 11) is -2.29. The zero-order chi connectivity index (χ0) is 27.7. The summed E-state index contributed by atoms with van der Waals surface area (Å²) in [5, 5.41) is 2.68. The van der Waals surface area contributed by atoms with Crippen molar-refractivity contribution in [3.63, 3.8) is 0 Å². The van der Waals surface area contributed by atoms with E-state index in [0.717, 1.165) is 27.3 Å². The number of amides is 2. The number of ether oxygens (including phenoxy) is 1. The van der Waals surface area contributed by atoms with Crippen LogP contribution in [0.25, 0.3) is 0 Å². The molecule has 0 spiro atoms. The molecule has 0 aliphatic heterocycles. The first-order valence-corrected chi connectivity index (χ1v) is 14.3. The second-order valence-corrected chi connectivity index (χ2v) is 10.9. The molecular formula is C29H35N3O5S. The van der Waals surface area contributed by atoms with Gasteiger partial charge in [0.2, 0.25) is 21.8 Å². The Balaban J connectivity index is 2.01. The molecule has 0 aromatic heterocycles. The second-order valence-electron chi connectivity index (χ2n) is 8.96. The van der Waals surface area contributed by atoms with Gasteiger partial charge in [0.25, 0.3) is 0 Å². The predicted octanol–water partition coefficient (Wildman–Crippen LogP) is 3.55. The Bertz CT molecular complexity index is 1330. The zero-order valence-corrected chi connectivity index (χ0v) is 23.1. The van der Waals surface area contributed by atoms with E-state index in [1.165, 1.54) is 11.9 Å². The Kier molecular flexibility index (Phi) is 9.90. The van der Waals surface area contributed by atoms with Crippen molar-refractivity contribution in [3.8, 4) is 5.75 Å². The van der Waals surface area contributed by atoms with Crippen LogP contribution in [0.1, 0.15) is 23.6 Å². The number of carbonyl (C=O) groups is 2. The van der Waals surface area contributed by atoms with Crippen LogP contribution in [0, 0.1) is 6.92 Å². The summed E-state index contributed by atoms with van der Waals surface area (Å²) < 4.78 is 32.1. The third-order valence-corrected chi connectivity index (χ3v) is 7.37. The standard InChI is InChI=1S/C29H35N3O5S/c1-5-37-26-17-15-25(16-18-26)32(38(4,35)36)21-28(33)31(20-24-14-10-9-11-22(24)2)27(29(34)30-3)19-23-12-7-6-8-13-23/h6-18,27H,5,19-21H2,1-4H3,(H,30,34)/t27-/m1/s1. The van der Waals surface area contributed by atoms with Gasteiger partial charge in [-0.15, -0.1) is 0 Å². The van der Waals surface area contributed by atoms with Crippen molar-refractivity contribution in [1.82, 2.24) is 10.2 Å². The first-order chi connectivity index (χ1) is 18.1. The van der Waals surface area contributed by atoms with E-state index in [-0.39, 0.29) is 18.9 Å². The van der Waals surface area contributed by atoms with Crippen LogP contribution >= 0.6 is 0 Å². The van der Waals surface area contributed by atoms with Crippen molar-refractivity contribution in [3.05, 3.63) is 95.6 Å². The van der Waals surface area contributed by atoms with Gasteiger partial charge in [-0.2, -0.15) is 0 Å².